The molecule has 3 rings (SSSR count). The molecule has 1 fully saturated rings. The van der Waals surface area contributed by atoms with E-state index < -0.39 is 12.0 Å². The number of carbonyl (C=O) groups is 1. The fourth-order valence-electron chi connectivity index (χ4n) is 3.15. The lowest BCUT2D eigenvalue weighted by Crippen LogP contribution is -2.45. The monoisotopic (exact) mass is 245 g/mol. The molecule has 2 aliphatic rings. The van der Waals surface area contributed by atoms with Crippen molar-refractivity contribution in [3.8, 4) is 0 Å². The van der Waals surface area contributed by atoms with Crippen molar-refractivity contribution >= 4 is 5.97 Å². The summed E-state index contributed by atoms with van der Waals surface area (Å²) in [6.45, 7) is 3.05. The predicted octanol–water partition coefficient (Wildman–Crippen LogP) is 2.47. The van der Waals surface area contributed by atoms with Crippen LogP contribution in [-0.4, -0.2) is 28.6 Å². The van der Waals surface area contributed by atoms with Crippen LogP contribution in [0.4, 0.5) is 0 Å². The number of hydrogen-bond acceptors (Lipinski definition) is 2. The summed E-state index contributed by atoms with van der Waals surface area (Å²) in [5.74, 6) is -0.00763. The number of nitrogens with zero attached hydrogens (tertiary/aromatic N) is 1. The standard InChI is InChI=1S/C15H19NO2/c1-10(11-6-7-11)16-9-8-12-4-2-3-5-13(12)14(16)15(17)18/h2-5,10-11,14H,6-9H2,1H3,(H,17,18). The van der Waals surface area contributed by atoms with Crippen molar-refractivity contribution in [2.75, 3.05) is 6.54 Å². The van der Waals surface area contributed by atoms with Gasteiger partial charge in [-0.3, -0.25) is 9.69 Å². The lowest BCUT2D eigenvalue weighted by molar-refractivity contribution is -0.145. The molecule has 1 N–H and O–H groups in total. The molecule has 2 unspecified atom stereocenters. The van der Waals surface area contributed by atoms with Gasteiger partial charge in [0.05, 0.1) is 0 Å². The van der Waals surface area contributed by atoms with Crippen LogP contribution >= 0.6 is 0 Å². The average molecular weight is 245 g/mol. The van der Waals surface area contributed by atoms with Gasteiger partial charge in [0.25, 0.3) is 0 Å². The van der Waals surface area contributed by atoms with Crippen molar-refractivity contribution < 1.29 is 9.90 Å². The van der Waals surface area contributed by atoms with E-state index in [0.29, 0.717) is 12.0 Å². The molecular weight excluding hydrogens is 226 g/mol. The van der Waals surface area contributed by atoms with E-state index in [1.807, 2.05) is 18.2 Å². The van der Waals surface area contributed by atoms with Gasteiger partial charge in [-0.05, 0) is 43.2 Å². The van der Waals surface area contributed by atoms with Crippen LogP contribution in [0.2, 0.25) is 0 Å². The first-order valence-electron chi connectivity index (χ1n) is 6.75. The van der Waals surface area contributed by atoms with Gasteiger partial charge >= 0.3 is 5.97 Å². The van der Waals surface area contributed by atoms with Gasteiger partial charge in [-0.15, -0.1) is 0 Å². The third kappa shape index (κ3) is 1.93. The lowest BCUT2D eigenvalue weighted by atomic mass is 9.91. The fraction of sp³-hybridized carbons (Fsp3) is 0.533. The van der Waals surface area contributed by atoms with Crippen molar-refractivity contribution in [2.45, 2.75) is 38.3 Å². The molecule has 96 valence electrons. The number of benzene rings is 1. The molecule has 18 heavy (non-hydrogen) atoms. The highest BCUT2D eigenvalue weighted by molar-refractivity contribution is 5.76. The summed E-state index contributed by atoms with van der Waals surface area (Å²) in [7, 11) is 0. The van der Waals surface area contributed by atoms with E-state index in [0.717, 1.165) is 18.5 Å². The van der Waals surface area contributed by atoms with E-state index in [1.54, 1.807) is 0 Å². The van der Waals surface area contributed by atoms with E-state index in [-0.39, 0.29) is 0 Å². The van der Waals surface area contributed by atoms with Crippen molar-refractivity contribution in [3.05, 3.63) is 35.4 Å². The number of fused-ring (bicyclic) bond motifs is 1. The molecule has 0 bridgehead atoms. The van der Waals surface area contributed by atoms with Crippen LogP contribution in [0.3, 0.4) is 0 Å². The minimum absolute atomic E-state index is 0.388. The largest absolute Gasteiger partial charge is 0.480 e. The summed E-state index contributed by atoms with van der Waals surface area (Å²) in [5, 5.41) is 9.56. The van der Waals surface area contributed by atoms with Gasteiger partial charge < -0.3 is 5.11 Å². The van der Waals surface area contributed by atoms with E-state index in [9.17, 15) is 9.90 Å². The Bertz CT molecular complexity index is 467. The number of aliphatic carboxylic acids is 1. The highest BCUT2D eigenvalue weighted by atomic mass is 16.4. The van der Waals surface area contributed by atoms with Crippen LogP contribution in [0.25, 0.3) is 0 Å². The minimum atomic E-state index is -0.713. The maximum atomic E-state index is 11.6. The molecule has 1 aromatic carbocycles. The average Bonchev–Trinajstić information content (AvgIpc) is 3.20. The Morgan fingerprint density at radius 2 is 2.11 bits per heavy atom. The summed E-state index contributed by atoms with van der Waals surface area (Å²) < 4.78 is 0. The van der Waals surface area contributed by atoms with Crippen molar-refractivity contribution in [1.82, 2.24) is 4.90 Å². The second-order valence-electron chi connectivity index (χ2n) is 5.51. The maximum Gasteiger partial charge on any atom is 0.325 e. The van der Waals surface area contributed by atoms with Crippen molar-refractivity contribution in [1.29, 1.82) is 0 Å². The molecule has 1 heterocycles. The highest BCUT2D eigenvalue weighted by Crippen LogP contribution is 2.40. The van der Waals surface area contributed by atoms with E-state index in [2.05, 4.69) is 17.9 Å². The number of hydrogen-bond donors (Lipinski definition) is 1. The molecule has 1 aliphatic heterocycles. The Balaban J connectivity index is 1.95. The molecular formula is C15H19NO2. The summed E-state index contributed by atoms with van der Waals surface area (Å²) in [4.78, 5) is 13.8. The second-order valence-corrected chi connectivity index (χ2v) is 5.51. The number of rotatable bonds is 3. The Morgan fingerprint density at radius 1 is 1.39 bits per heavy atom. The van der Waals surface area contributed by atoms with Crippen LogP contribution in [-0.2, 0) is 11.2 Å². The van der Waals surface area contributed by atoms with Gasteiger partial charge in [-0.1, -0.05) is 24.3 Å². The van der Waals surface area contributed by atoms with E-state index >= 15 is 0 Å². The number of carboxylic acid groups (broad SMARTS) is 1. The van der Waals surface area contributed by atoms with Crippen LogP contribution in [0.5, 0.6) is 0 Å². The Labute approximate surface area is 107 Å². The van der Waals surface area contributed by atoms with Crippen LogP contribution in [0.1, 0.15) is 36.9 Å². The predicted molar refractivity (Wildman–Crippen MR) is 69.4 cm³/mol. The molecule has 2 atom stereocenters. The van der Waals surface area contributed by atoms with Gasteiger partial charge in [0, 0.05) is 12.6 Å². The molecule has 0 spiro atoms. The summed E-state index contributed by atoms with van der Waals surface area (Å²) >= 11 is 0. The zero-order valence-corrected chi connectivity index (χ0v) is 10.7. The first-order valence-corrected chi connectivity index (χ1v) is 6.75. The first kappa shape index (κ1) is 11.7. The molecule has 1 saturated carbocycles. The van der Waals surface area contributed by atoms with E-state index in [4.69, 9.17) is 0 Å². The molecule has 0 amide bonds. The van der Waals surface area contributed by atoms with Gasteiger partial charge in [0.2, 0.25) is 0 Å². The van der Waals surface area contributed by atoms with Gasteiger partial charge in [0.1, 0.15) is 6.04 Å². The Hall–Kier alpha value is -1.35. The van der Waals surface area contributed by atoms with E-state index in [1.165, 1.54) is 18.4 Å². The molecule has 1 aromatic rings. The van der Waals surface area contributed by atoms with Crippen LogP contribution in [0, 0.1) is 5.92 Å². The third-order valence-corrected chi connectivity index (χ3v) is 4.38. The quantitative estimate of drug-likeness (QED) is 0.889. The SMILES string of the molecule is CC(C1CC1)N1CCc2ccccc2C1C(=O)O. The Morgan fingerprint density at radius 3 is 2.78 bits per heavy atom. The van der Waals surface area contributed by atoms with Gasteiger partial charge in [-0.25, -0.2) is 0 Å². The third-order valence-electron chi connectivity index (χ3n) is 4.38. The molecule has 0 aromatic heterocycles. The van der Waals surface area contributed by atoms with Crippen LogP contribution < -0.4 is 0 Å². The molecule has 0 radical (unpaired) electrons. The van der Waals surface area contributed by atoms with Crippen LogP contribution in [0.15, 0.2) is 24.3 Å². The van der Waals surface area contributed by atoms with Crippen molar-refractivity contribution in [2.24, 2.45) is 5.92 Å². The highest BCUT2D eigenvalue weighted by Gasteiger charge is 2.40. The maximum absolute atomic E-state index is 11.6. The van der Waals surface area contributed by atoms with Gasteiger partial charge in [0.15, 0.2) is 0 Å². The second kappa shape index (κ2) is 4.39. The first-order chi connectivity index (χ1) is 8.68. The summed E-state index contributed by atoms with van der Waals surface area (Å²) in [5.41, 5.74) is 2.19. The minimum Gasteiger partial charge on any atom is -0.480 e. The Kier molecular flexibility index (Phi) is 2.86. The molecule has 1 aliphatic carbocycles. The molecule has 3 heteroatoms. The zero-order chi connectivity index (χ0) is 12.7. The van der Waals surface area contributed by atoms with Crippen molar-refractivity contribution in [3.63, 3.8) is 0 Å². The fourth-order valence-corrected chi connectivity index (χ4v) is 3.15. The summed E-state index contributed by atoms with van der Waals surface area (Å²) in [6, 6.07) is 7.91. The van der Waals surface area contributed by atoms with Gasteiger partial charge in [-0.2, -0.15) is 0 Å². The summed E-state index contributed by atoms with van der Waals surface area (Å²) in [6.07, 6.45) is 3.48. The number of carboxylic acids is 1. The zero-order valence-electron chi connectivity index (χ0n) is 10.7. The topological polar surface area (TPSA) is 40.5 Å². The lowest BCUT2D eigenvalue weighted by Gasteiger charge is -2.39. The molecule has 0 saturated heterocycles. The normalized spacial score (nSPS) is 25.5. The smallest absolute Gasteiger partial charge is 0.325 e. The molecule has 3 nitrogen and oxygen atoms in total.